The molecule has 0 fully saturated rings. The summed E-state index contributed by atoms with van der Waals surface area (Å²) >= 11 is 0.986. The molecule has 1 unspecified atom stereocenters. The summed E-state index contributed by atoms with van der Waals surface area (Å²) < 4.78 is 44.5. The summed E-state index contributed by atoms with van der Waals surface area (Å²) in [5.41, 5.74) is 2.14. The van der Waals surface area contributed by atoms with Crippen LogP contribution in [0.15, 0.2) is 59.8 Å². The van der Waals surface area contributed by atoms with Gasteiger partial charge in [-0.2, -0.15) is 13.2 Å². The Morgan fingerprint density at radius 3 is 2.29 bits per heavy atom. The molecular weight excluding hydrogens is 391 g/mol. The van der Waals surface area contributed by atoms with Gasteiger partial charge in [0.15, 0.2) is 5.16 Å². The van der Waals surface area contributed by atoms with Crippen molar-refractivity contribution in [3.8, 4) is 16.9 Å². The molecule has 0 aliphatic rings. The third-order valence-electron chi connectivity index (χ3n) is 3.90. The third kappa shape index (κ3) is 5.05. The Morgan fingerprint density at radius 1 is 1.04 bits per heavy atom. The van der Waals surface area contributed by atoms with Crippen LogP contribution >= 0.6 is 11.8 Å². The smallest absolute Gasteiger partial charge is 0.451 e. The van der Waals surface area contributed by atoms with Crippen molar-refractivity contribution in [1.82, 2.24) is 14.8 Å². The first-order valence-corrected chi connectivity index (χ1v) is 9.39. The zero-order chi connectivity index (χ0) is 20.1. The maximum Gasteiger partial charge on any atom is 0.451 e. The van der Waals surface area contributed by atoms with Crippen molar-refractivity contribution in [2.75, 3.05) is 12.4 Å². The molecule has 1 atom stereocenters. The highest BCUT2D eigenvalue weighted by Crippen LogP contribution is 2.29. The van der Waals surface area contributed by atoms with E-state index in [1.807, 2.05) is 42.5 Å². The number of hydrogen-bond acceptors (Lipinski definition) is 5. The van der Waals surface area contributed by atoms with Gasteiger partial charge in [-0.15, -0.1) is 10.2 Å². The van der Waals surface area contributed by atoms with E-state index in [0.717, 1.165) is 27.5 Å². The van der Waals surface area contributed by atoms with Crippen molar-refractivity contribution in [3.63, 3.8) is 0 Å². The van der Waals surface area contributed by atoms with E-state index in [-0.39, 0.29) is 17.5 Å². The Labute approximate surface area is 164 Å². The van der Waals surface area contributed by atoms with E-state index in [1.54, 1.807) is 12.1 Å². The highest BCUT2D eigenvalue weighted by molar-refractivity contribution is 7.99. The second-order valence-corrected chi connectivity index (χ2v) is 7.02. The van der Waals surface area contributed by atoms with Gasteiger partial charge in [0.1, 0.15) is 12.4 Å². The first-order valence-electron chi connectivity index (χ1n) is 8.40. The van der Waals surface area contributed by atoms with Gasteiger partial charge in [0, 0.05) is 12.8 Å². The number of halogens is 3. The standard InChI is InChI=1S/C19H18F3N3O2S/c1-25-17(19(20,21)22)23-24-18(25)28-12-15(26)11-27-16-9-7-14(8-10-16)13-5-3-2-4-6-13/h2-10,15,26H,11-12H2,1H3. The lowest BCUT2D eigenvalue weighted by Gasteiger charge is -2.12. The predicted octanol–water partition coefficient (Wildman–Crippen LogP) is 4.03. The maximum absolute atomic E-state index is 12.7. The SMILES string of the molecule is Cn1c(SCC(O)COc2ccc(-c3ccccc3)cc2)nnc1C(F)(F)F. The van der Waals surface area contributed by atoms with Crippen molar-refractivity contribution in [2.45, 2.75) is 17.4 Å². The van der Waals surface area contributed by atoms with Gasteiger partial charge in [0.25, 0.3) is 0 Å². The van der Waals surface area contributed by atoms with Gasteiger partial charge in [0.2, 0.25) is 5.82 Å². The molecule has 0 bridgehead atoms. The number of aliphatic hydroxyl groups is 1. The molecule has 0 aliphatic carbocycles. The lowest BCUT2D eigenvalue weighted by molar-refractivity contribution is -0.147. The zero-order valence-corrected chi connectivity index (χ0v) is 15.7. The zero-order valence-electron chi connectivity index (χ0n) is 14.9. The van der Waals surface area contributed by atoms with E-state index >= 15 is 0 Å². The highest BCUT2D eigenvalue weighted by Gasteiger charge is 2.37. The summed E-state index contributed by atoms with van der Waals surface area (Å²) in [6.45, 7) is 0.0155. The average Bonchev–Trinajstić information content (AvgIpc) is 3.06. The number of ether oxygens (including phenoxy) is 1. The molecular formula is C19H18F3N3O2S. The molecule has 3 rings (SSSR count). The van der Waals surface area contributed by atoms with Gasteiger partial charge in [-0.25, -0.2) is 0 Å². The molecule has 0 radical (unpaired) electrons. The van der Waals surface area contributed by atoms with E-state index < -0.39 is 18.1 Å². The van der Waals surface area contributed by atoms with Gasteiger partial charge < -0.3 is 14.4 Å². The first kappa shape index (κ1) is 20.2. The number of benzene rings is 2. The summed E-state index contributed by atoms with van der Waals surface area (Å²) in [6, 6.07) is 17.3. The topological polar surface area (TPSA) is 60.2 Å². The Balaban J connectivity index is 1.50. The van der Waals surface area contributed by atoms with E-state index in [1.165, 1.54) is 7.05 Å². The van der Waals surface area contributed by atoms with Crippen LogP contribution in [0.1, 0.15) is 5.82 Å². The first-order chi connectivity index (χ1) is 13.3. The summed E-state index contributed by atoms with van der Waals surface area (Å²) in [7, 11) is 1.24. The Morgan fingerprint density at radius 2 is 1.68 bits per heavy atom. The molecule has 148 valence electrons. The van der Waals surface area contributed by atoms with Gasteiger partial charge in [-0.3, -0.25) is 0 Å². The maximum atomic E-state index is 12.7. The van der Waals surface area contributed by atoms with Gasteiger partial charge in [0.05, 0.1) is 6.10 Å². The van der Waals surface area contributed by atoms with E-state index in [4.69, 9.17) is 4.74 Å². The van der Waals surface area contributed by atoms with E-state index in [9.17, 15) is 18.3 Å². The number of rotatable bonds is 7. The van der Waals surface area contributed by atoms with Crippen molar-refractivity contribution in [3.05, 3.63) is 60.4 Å². The number of thioether (sulfide) groups is 1. The Kier molecular flexibility index (Phi) is 6.25. The van der Waals surface area contributed by atoms with Crippen LogP contribution < -0.4 is 4.74 Å². The fourth-order valence-electron chi connectivity index (χ4n) is 2.47. The summed E-state index contributed by atoms with van der Waals surface area (Å²) in [5.74, 6) is -0.340. The van der Waals surface area contributed by atoms with Crippen LogP contribution in [-0.2, 0) is 13.2 Å². The lowest BCUT2D eigenvalue weighted by Crippen LogP contribution is -2.20. The monoisotopic (exact) mass is 409 g/mol. The molecule has 2 aromatic carbocycles. The van der Waals surface area contributed by atoms with Crippen molar-refractivity contribution in [1.29, 1.82) is 0 Å². The molecule has 0 aliphatic heterocycles. The minimum Gasteiger partial charge on any atom is -0.491 e. The number of nitrogens with zero attached hydrogens (tertiary/aromatic N) is 3. The second kappa shape index (κ2) is 8.66. The molecule has 3 aromatic rings. The molecule has 1 aromatic heterocycles. The third-order valence-corrected chi connectivity index (χ3v) is 5.06. The summed E-state index contributed by atoms with van der Waals surface area (Å²) in [5, 5.41) is 16.8. The minimum absolute atomic E-state index is 0.0155. The normalized spacial score (nSPS) is 12.8. The number of aromatic nitrogens is 3. The number of hydrogen-bond donors (Lipinski definition) is 1. The van der Waals surface area contributed by atoms with Crippen molar-refractivity contribution < 1.29 is 23.0 Å². The van der Waals surface area contributed by atoms with Crippen LogP contribution in [0.2, 0.25) is 0 Å². The van der Waals surface area contributed by atoms with Gasteiger partial charge >= 0.3 is 6.18 Å². The van der Waals surface area contributed by atoms with E-state index in [0.29, 0.717) is 5.75 Å². The molecule has 0 saturated carbocycles. The Hall–Kier alpha value is -2.52. The largest absolute Gasteiger partial charge is 0.491 e. The van der Waals surface area contributed by atoms with Crippen LogP contribution in [0.25, 0.3) is 11.1 Å². The van der Waals surface area contributed by atoms with E-state index in [2.05, 4.69) is 10.2 Å². The summed E-state index contributed by atoms with van der Waals surface area (Å²) in [4.78, 5) is 0. The molecule has 9 heteroatoms. The fourth-order valence-corrected chi connectivity index (χ4v) is 3.29. The molecule has 0 saturated heterocycles. The van der Waals surface area contributed by atoms with Gasteiger partial charge in [-0.1, -0.05) is 54.2 Å². The molecule has 0 spiro atoms. The average molecular weight is 409 g/mol. The number of alkyl halides is 3. The summed E-state index contributed by atoms with van der Waals surface area (Å²) in [6.07, 6.45) is -5.43. The van der Waals surface area contributed by atoms with Crippen LogP contribution in [-0.4, -0.2) is 38.3 Å². The van der Waals surface area contributed by atoms with Gasteiger partial charge in [-0.05, 0) is 23.3 Å². The molecule has 0 amide bonds. The van der Waals surface area contributed by atoms with Crippen LogP contribution in [0, 0.1) is 0 Å². The predicted molar refractivity (Wildman–Crippen MR) is 100 cm³/mol. The second-order valence-electron chi connectivity index (χ2n) is 6.03. The van der Waals surface area contributed by atoms with Crippen LogP contribution in [0.3, 0.4) is 0 Å². The van der Waals surface area contributed by atoms with Crippen LogP contribution in [0.5, 0.6) is 5.75 Å². The molecule has 1 N–H and O–H groups in total. The van der Waals surface area contributed by atoms with Crippen molar-refractivity contribution >= 4 is 11.8 Å². The molecule has 5 nitrogen and oxygen atoms in total. The lowest BCUT2D eigenvalue weighted by atomic mass is 10.1. The van der Waals surface area contributed by atoms with Crippen molar-refractivity contribution in [2.24, 2.45) is 7.05 Å². The van der Waals surface area contributed by atoms with Crippen LogP contribution in [0.4, 0.5) is 13.2 Å². The number of aliphatic hydroxyl groups excluding tert-OH is 1. The highest BCUT2D eigenvalue weighted by atomic mass is 32.2. The molecule has 28 heavy (non-hydrogen) atoms. The quantitative estimate of drug-likeness (QED) is 0.597. The fraction of sp³-hybridized carbons (Fsp3) is 0.263. The Bertz CT molecular complexity index is 899. The minimum atomic E-state index is -4.56. The molecule has 1 heterocycles.